The second kappa shape index (κ2) is 5.07. The minimum absolute atomic E-state index is 0.146. The summed E-state index contributed by atoms with van der Waals surface area (Å²) in [6.45, 7) is 3.42. The first kappa shape index (κ1) is 14.0. The van der Waals surface area contributed by atoms with Crippen molar-refractivity contribution in [3.8, 4) is 6.07 Å². The zero-order chi connectivity index (χ0) is 13.1. The van der Waals surface area contributed by atoms with Crippen molar-refractivity contribution in [2.45, 2.75) is 36.3 Å². The van der Waals surface area contributed by atoms with Crippen molar-refractivity contribution in [3.05, 3.63) is 29.3 Å². The molecule has 0 aliphatic rings. The van der Waals surface area contributed by atoms with Crippen LogP contribution >= 0.6 is 11.6 Å². The minimum Gasteiger partial charge on any atom is -0.222 e. The Balaban J connectivity index is 3.38. The second-order valence-corrected chi connectivity index (χ2v) is 6.47. The van der Waals surface area contributed by atoms with Gasteiger partial charge in [0.1, 0.15) is 0 Å². The van der Waals surface area contributed by atoms with Crippen LogP contribution in [-0.2, 0) is 9.84 Å². The van der Waals surface area contributed by atoms with Gasteiger partial charge in [-0.2, -0.15) is 5.26 Å². The number of nitriles is 1. The molecule has 0 heterocycles. The number of hydrogen-bond acceptors (Lipinski definition) is 3. The molecular weight excluding hydrogens is 258 g/mol. The van der Waals surface area contributed by atoms with Gasteiger partial charge in [0.2, 0.25) is 0 Å². The molecule has 0 spiro atoms. The lowest BCUT2D eigenvalue weighted by molar-refractivity contribution is 0.539. The largest absolute Gasteiger partial charge is 0.222 e. The summed E-state index contributed by atoms with van der Waals surface area (Å²) in [7, 11) is -3.65. The molecule has 1 aromatic rings. The van der Waals surface area contributed by atoms with Gasteiger partial charge >= 0.3 is 0 Å². The molecule has 0 bridgehead atoms. The summed E-state index contributed by atoms with van der Waals surface area (Å²) in [6, 6.07) is 7.86. The highest BCUT2D eigenvalue weighted by molar-refractivity contribution is 7.93. The van der Waals surface area contributed by atoms with Gasteiger partial charge in [0, 0.05) is 5.02 Å². The van der Waals surface area contributed by atoms with Crippen molar-refractivity contribution in [1.82, 2.24) is 0 Å². The number of nitrogens with zero attached hydrogens (tertiary/aromatic N) is 1. The van der Waals surface area contributed by atoms with Crippen LogP contribution in [0.15, 0.2) is 29.2 Å². The first-order valence-corrected chi connectivity index (χ1v) is 7.21. The van der Waals surface area contributed by atoms with E-state index in [9.17, 15) is 13.7 Å². The van der Waals surface area contributed by atoms with E-state index in [1.807, 2.05) is 6.07 Å². The van der Waals surface area contributed by atoms with Gasteiger partial charge in [-0.15, -0.1) is 0 Å². The van der Waals surface area contributed by atoms with E-state index >= 15 is 0 Å². The zero-order valence-corrected chi connectivity index (χ0v) is 11.3. The molecule has 0 fully saturated rings. The summed E-state index contributed by atoms with van der Waals surface area (Å²) in [6.07, 6.45) is 0.538. The van der Waals surface area contributed by atoms with E-state index < -0.39 is 14.6 Å². The van der Waals surface area contributed by atoms with Crippen LogP contribution in [0.1, 0.15) is 26.7 Å². The van der Waals surface area contributed by atoms with Gasteiger partial charge in [0.05, 0.1) is 11.0 Å². The van der Waals surface area contributed by atoms with Crippen LogP contribution < -0.4 is 0 Å². The topological polar surface area (TPSA) is 57.9 Å². The Morgan fingerprint density at radius 3 is 2.06 bits per heavy atom. The fraction of sp³-hybridized carbons (Fsp3) is 0.417. The maximum Gasteiger partial charge on any atom is 0.197 e. The molecule has 0 saturated carbocycles. The molecule has 0 radical (unpaired) electrons. The summed E-state index contributed by atoms with van der Waals surface area (Å²) in [5, 5.41) is 9.64. The van der Waals surface area contributed by atoms with Crippen molar-refractivity contribution in [1.29, 1.82) is 5.26 Å². The molecule has 92 valence electrons. The van der Waals surface area contributed by atoms with Gasteiger partial charge in [-0.05, 0) is 37.1 Å². The van der Waals surface area contributed by atoms with Gasteiger partial charge in [0.15, 0.2) is 14.6 Å². The fourth-order valence-corrected chi connectivity index (χ4v) is 3.64. The van der Waals surface area contributed by atoms with Crippen LogP contribution in [0.25, 0.3) is 0 Å². The molecule has 17 heavy (non-hydrogen) atoms. The van der Waals surface area contributed by atoms with Crippen molar-refractivity contribution in [2.75, 3.05) is 0 Å². The Morgan fingerprint density at radius 2 is 1.71 bits per heavy atom. The van der Waals surface area contributed by atoms with Crippen LogP contribution in [0, 0.1) is 11.3 Å². The Hall–Kier alpha value is -1.05. The van der Waals surface area contributed by atoms with E-state index in [0.29, 0.717) is 5.02 Å². The van der Waals surface area contributed by atoms with Crippen LogP contribution in [-0.4, -0.2) is 13.2 Å². The Labute approximate surface area is 107 Å². The third-order valence-electron chi connectivity index (χ3n) is 2.98. The Morgan fingerprint density at radius 1 is 1.24 bits per heavy atom. The van der Waals surface area contributed by atoms with E-state index in [-0.39, 0.29) is 17.7 Å². The van der Waals surface area contributed by atoms with Crippen molar-refractivity contribution >= 4 is 21.4 Å². The molecule has 0 atom stereocenters. The van der Waals surface area contributed by atoms with E-state index in [0.717, 1.165) is 0 Å². The predicted molar refractivity (Wildman–Crippen MR) is 67.6 cm³/mol. The standard InChI is InChI=1S/C12H14ClNO2S/c1-3-12(4-2,9-14)17(15,16)11-7-5-10(13)6-8-11/h5-8H,3-4H2,1-2H3. The Bertz CT molecular complexity index is 525. The molecule has 0 aliphatic heterocycles. The van der Waals surface area contributed by atoms with Gasteiger partial charge < -0.3 is 0 Å². The molecule has 0 unspecified atom stereocenters. The maximum atomic E-state index is 12.4. The highest BCUT2D eigenvalue weighted by Gasteiger charge is 2.42. The summed E-state index contributed by atoms with van der Waals surface area (Å²) in [5.74, 6) is 0. The molecule has 0 aromatic heterocycles. The van der Waals surface area contributed by atoms with Gasteiger partial charge in [-0.3, -0.25) is 0 Å². The molecule has 0 aliphatic carbocycles. The van der Waals surface area contributed by atoms with Crippen molar-refractivity contribution < 1.29 is 8.42 Å². The molecule has 5 heteroatoms. The lowest BCUT2D eigenvalue weighted by atomic mass is 10.1. The van der Waals surface area contributed by atoms with Crippen LogP contribution in [0.2, 0.25) is 5.02 Å². The minimum atomic E-state index is -3.65. The average molecular weight is 272 g/mol. The number of benzene rings is 1. The number of sulfone groups is 1. The molecule has 1 aromatic carbocycles. The van der Waals surface area contributed by atoms with E-state index in [2.05, 4.69) is 0 Å². The highest BCUT2D eigenvalue weighted by Crippen LogP contribution is 2.31. The molecule has 0 amide bonds. The third kappa shape index (κ3) is 2.31. The molecular formula is C12H14ClNO2S. The summed E-state index contributed by atoms with van der Waals surface area (Å²) in [4.78, 5) is 0.146. The number of halogens is 1. The molecule has 3 nitrogen and oxygen atoms in total. The lowest BCUT2D eigenvalue weighted by Gasteiger charge is -2.23. The quantitative estimate of drug-likeness (QED) is 0.845. The molecule has 0 N–H and O–H groups in total. The van der Waals surface area contributed by atoms with Gasteiger partial charge in [-0.1, -0.05) is 25.4 Å². The van der Waals surface area contributed by atoms with Crippen molar-refractivity contribution in [2.24, 2.45) is 0 Å². The second-order valence-electron chi connectivity index (χ2n) is 3.77. The fourth-order valence-electron chi connectivity index (χ4n) is 1.69. The van der Waals surface area contributed by atoms with E-state index in [1.165, 1.54) is 24.3 Å². The summed E-state index contributed by atoms with van der Waals surface area (Å²) < 4.78 is 23.4. The number of rotatable bonds is 4. The van der Waals surface area contributed by atoms with E-state index in [1.54, 1.807) is 13.8 Å². The highest BCUT2D eigenvalue weighted by atomic mass is 35.5. The zero-order valence-electron chi connectivity index (χ0n) is 9.77. The van der Waals surface area contributed by atoms with Gasteiger partial charge in [-0.25, -0.2) is 8.42 Å². The van der Waals surface area contributed by atoms with Crippen LogP contribution in [0.3, 0.4) is 0 Å². The normalized spacial score (nSPS) is 12.1. The molecule has 0 saturated heterocycles. The first-order chi connectivity index (χ1) is 7.93. The third-order valence-corrected chi connectivity index (χ3v) is 5.83. The lowest BCUT2D eigenvalue weighted by Crippen LogP contribution is -2.35. The average Bonchev–Trinajstić information content (AvgIpc) is 2.32. The maximum absolute atomic E-state index is 12.4. The van der Waals surface area contributed by atoms with Crippen LogP contribution in [0.4, 0.5) is 0 Å². The smallest absolute Gasteiger partial charge is 0.197 e. The monoisotopic (exact) mass is 271 g/mol. The summed E-state index contributed by atoms with van der Waals surface area (Å²) >= 11 is 5.72. The SMILES string of the molecule is CCC(C#N)(CC)S(=O)(=O)c1ccc(Cl)cc1. The van der Waals surface area contributed by atoms with Gasteiger partial charge in [0.25, 0.3) is 0 Å². The molecule has 1 rings (SSSR count). The summed E-state index contributed by atoms with van der Waals surface area (Å²) in [5.41, 5.74) is 0. The number of hydrogen-bond donors (Lipinski definition) is 0. The van der Waals surface area contributed by atoms with E-state index in [4.69, 9.17) is 11.6 Å². The first-order valence-electron chi connectivity index (χ1n) is 5.35. The Kier molecular flexibility index (Phi) is 4.18. The van der Waals surface area contributed by atoms with Crippen molar-refractivity contribution in [3.63, 3.8) is 0 Å². The van der Waals surface area contributed by atoms with Crippen LogP contribution in [0.5, 0.6) is 0 Å². The predicted octanol–water partition coefficient (Wildman–Crippen LogP) is 3.20.